The number of thiazole rings is 1. The number of aromatic nitrogens is 1. The van der Waals surface area contributed by atoms with Gasteiger partial charge in [0.05, 0.1) is 17.4 Å². The Kier molecular flexibility index (Phi) is 4.78. The van der Waals surface area contributed by atoms with Crippen LogP contribution in [-0.2, 0) is 0 Å². The standard InChI is InChI=1S/C16H16N2O3S/c1-4-9(2)21-13-6-5-11(7-12(13)8-17)15-18-10(3)14(22-15)16(19)20/h5-7,9H,4H2,1-3H3,(H,19,20). The van der Waals surface area contributed by atoms with Crippen LogP contribution >= 0.6 is 11.3 Å². The molecule has 1 unspecified atom stereocenters. The first-order valence-electron chi connectivity index (χ1n) is 6.88. The van der Waals surface area contributed by atoms with Crippen molar-refractivity contribution in [2.24, 2.45) is 0 Å². The molecule has 0 amide bonds. The average molecular weight is 316 g/mol. The average Bonchev–Trinajstić information content (AvgIpc) is 2.89. The number of carbonyl (C=O) groups is 1. The molecule has 1 N–H and O–H groups in total. The van der Waals surface area contributed by atoms with Crippen molar-refractivity contribution in [3.05, 3.63) is 34.3 Å². The SMILES string of the molecule is CCC(C)Oc1ccc(-c2nc(C)c(C(=O)O)s2)cc1C#N. The Morgan fingerprint density at radius 1 is 1.55 bits per heavy atom. The number of benzene rings is 1. The fraction of sp³-hybridized carbons (Fsp3) is 0.312. The highest BCUT2D eigenvalue weighted by Crippen LogP contribution is 2.31. The summed E-state index contributed by atoms with van der Waals surface area (Å²) in [7, 11) is 0. The highest BCUT2D eigenvalue weighted by molar-refractivity contribution is 7.17. The minimum Gasteiger partial charge on any atom is -0.489 e. The van der Waals surface area contributed by atoms with E-state index < -0.39 is 5.97 Å². The van der Waals surface area contributed by atoms with E-state index in [2.05, 4.69) is 11.1 Å². The number of rotatable bonds is 5. The van der Waals surface area contributed by atoms with Gasteiger partial charge in [-0.05, 0) is 38.5 Å². The van der Waals surface area contributed by atoms with Crippen LogP contribution in [0.25, 0.3) is 10.6 Å². The third-order valence-corrected chi connectivity index (χ3v) is 4.44. The molecule has 2 rings (SSSR count). The van der Waals surface area contributed by atoms with Crippen LogP contribution in [0.4, 0.5) is 0 Å². The van der Waals surface area contributed by atoms with E-state index in [1.165, 1.54) is 0 Å². The summed E-state index contributed by atoms with van der Waals surface area (Å²) < 4.78 is 5.71. The molecule has 0 aliphatic rings. The van der Waals surface area contributed by atoms with Crippen molar-refractivity contribution in [3.8, 4) is 22.4 Å². The number of nitrogens with zero attached hydrogens (tertiary/aromatic N) is 2. The smallest absolute Gasteiger partial charge is 0.347 e. The molecule has 1 atom stereocenters. The molecule has 114 valence electrons. The van der Waals surface area contributed by atoms with Crippen molar-refractivity contribution in [2.75, 3.05) is 0 Å². The van der Waals surface area contributed by atoms with Crippen molar-refractivity contribution >= 4 is 17.3 Å². The molecule has 0 saturated carbocycles. The quantitative estimate of drug-likeness (QED) is 0.905. The largest absolute Gasteiger partial charge is 0.489 e. The highest BCUT2D eigenvalue weighted by atomic mass is 32.1. The van der Waals surface area contributed by atoms with Gasteiger partial charge in [0.25, 0.3) is 0 Å². The van der Waals surface area contributed by atoms with Gasteiger partial charge in [-0.1, -0.05) is 6.92 Å². The van der Waals surface area contributed by atoms with Gasteiger partial charge in [-0.15, -0.1) is 11.3 Å². The monoisotopic (exact) mass is 316 g/mol. The van der Waals surface area contributed by atoms with E-state index in [0.29, 0.717) is 27.6 Å². The summed E-state index contributed by atoms with van der Waals surface area (Å²) >= 11 is 1.10. The Morgan fingerprint density at radius 3 is 2.82 bits per heavy atom. The van der Waals surface area contributed by atoms with Gasteiger partial charge in [-0.2, -0.15) is 5.26 Å². The van der Waals surface area contributed by atoms with E-state index in [1.54, 1.807) is 25.1 Å². The van der Waals surface area contributed by atoms with Crippen molar-refractivity contribution in [3.63, 3.8) is 0 Å². The van der Waals surface area contributed by atoms with Gasteiger partial charge in [-0.3, -0.25) is 0 Å². The second-order valence-electron chi connectivity index (χ2n) is 4.90. The van der Waals surface area contributed by atoms with Gasteiger partial charge in [0.1, 0.15) is 21.7 Å². The van der Waals surface area contributed by atoms with Crippen LogP contribution in [0.5, 0.6) is 5.75 Å². The molecule has 5 nitrogen and oxygen atoms in total. The Morgan fingerprint density at radius 2 is 2.27 bits per heavy atom. The van der Waals surface area contributed by atoms with Crippen molar-refractivity contribution in [1.29, 1.82) is 5.26 Å². The minimum absolute atomic E-state index is 0.0265. The van der Waals surface area contributed by atoms with Crippen LogP contribution in [0.2, 0.25) is 0 Å². The molecule has 1 heterocycles. The molecule has 0 saturated heterocycles. The first kappa shape index (κ1) is 16.0. The van der Waals surface area contributed by atoms with E-state index in [4.69, 9.17) is 9.84 Å². The number of carboxylic acids is 1. The van der Waals surface area contributed by atoms with Crippen LogP contribution in [0.1, 0.15) is 41.2 Å². The molecular formula is C16H16N2O3S. The van der Waals surface area contributed by atoms with Crippen LogP contribution in [0.3, 0.4) is 0 Å². The Hall–Kier alpha value is -2.39. The van der Waals surface area contributed by atoms with E-state index in [-0.39, 0.29) is 11.0 Å². The summed E-state index contributed by atoms with van der Waals surface area (Å²) in [6, 6.07) is 7.32. The summed E-state index contributed by atoms with van der Waals surface area (Å²) in [5.74, 6) is -0.453. The summed E-state index contributed by atoms with van der Waals surface area (Å²) in [5, 5.41) is 19.0. The first-order chi connectivity index (χ1) is 10.5. The molecule has 0 radical (unpaired) electrons. The molecule has 0 spiro atoms. The van der Waals surface area contributed by atoms with Gasteiger partial charge < -0.3 is 9.84 Å². The van der Waals surface area contributed by atoms with Crippen LogP contribution in [0, 0.1) is 18.3 Å². The molecule has 2 aromatic rings. The summed E-state index contributed by atoms with van der Waals surface area (Å²) in [5.41, 5.74) is 1.61. The predicted octanol–water partition coefficient (Wildman–Crippen LogP) is 3.87. The van der Waals surface area contributed by atoms with Gasteiger partial charge in [0.2, 0.25) is 0 Å². The maximum Gasteiger partial charge on any atom is 0.347 e. The zero-order chi connectivity index (χ0) is 16.3. The zero-order valence-electron chi connectivity index (χ0n) is 12.6. The number of aromatic carboxylic acids is 1. The molecule has 1 aromatic carbocycles. The molecular weight excluding hydrogens is 300 g/mol. The number of aryl methyl sites for hydroxylation is 1. The number of nitriles is 1. The number of hydrogen-bond acceptors (Lipinski definition) is 5. The van der Waals surface area contributed by atoms with Crippen molar-refractivity contribution in [2.45, 2.75) is 33.3 Å². The second-order valence-corrected chi connectivity index (χ2v) is 5.90. The topological polar surface area (TPSA) is 83.2 Å². The van der Waals surface area contributed by atoms with Gasteiger partial charge in [-0.25, -0.2) is 9.78 Å². The molecule has 0 bridgehead atoms. The van der Waals surface area contributed by atoms with Gasteiger partial charge in [0.15, 0.2) is 0 Å². The third-order valence-electron chi connectivity index (χ3n) is 3.24. The summed E-state index contributed by atoms with van der Waals surface area (Å²) in [6.45, 7) is 5.62. The highest BCUT2D eigenvalue weighted by Gasteiger charge is 2.16. The fourth-order valence-electron chi connectivity index (χ4n) is 1.87. The maximum absolute atomic E-state index is 11.1. The van der Waals surface area contributed by atoms with E-state index in [0.717, 1.165) is 17.8 Å². The van der Waals surface area contributed by atoms with E-state index in [1.807, 2.05) is 13.8 Å². The Bertz CT molecular complexity index is 746. The van der Waals surface area contributed by atoms with Crippen molar-refractivity contribution < 1.29 is 14.6 Å². The van der Waals surface area contributed by atoms with Crippen LogP contribution < -0.4 is 4.74 Å². The minimum atomic E-state index is -0.988. The molecule has 0 aliphatic heterocycles. The second kappa shape index (κ2) is 6.58. The normalized spacial score (nSPS) is 11.7. The molecule has 0 fully saturated rings. The van der Waals surface area contributed by atoms with Crippen LogP contribution in [0.15, 0.2) is 18.2 Å². The van der Waals surface area contributed by atoms with Gasteiger partial charge in [0, 0.05) is 5.56 Å². The lowest BCUT2D eigenvalue weighted by Gasteiger charge is -2.14. The summed E-state index contributed by atoms with van der Waals surface area (Å²) in [6.07, 6.45) is 0.874. The van der Waals surface area contributed by atoms with Crippen molar-refractivity contribution in [1.82, 2.24) is 4.98 Å². The maximum atomic E-state index is 11.1. The molecule has 1 aromatic heterocycles. The first-order valence-corrected chi connectivity index (χ1v) is 7.69. The number of carboxylic acid groups (broad SMARTS) is 1. The Labute approximate surface area is 132 Å². The van der Waals surface area contributed by atoms with E-state index >= 15 is 0 Å². The number of hydrogen-bond donors (Lipinski definition) is 1. The van der Waals surface area contributed by atoms with E-state index in [9.17, 15) is 10.1 Å². The predicted molar refractivity (Wildman–Crippen MR) is 84.3 cm³/mol. The lowest BCUT2D eigenvalue weighted by atomic mass is 10.1. The lowest BCUT2D eigenvalue weighted by molar-refractivity contribution is 0.0701. The summed E-state index contributed by atoms with van der Waals surface area (Å²) in [4.78, 5) is 15.6. The zero-order valence-corrected chi connectivity index (χ0v) is 13.4. The molecule has 0 aliphatic carbocycles. The lowest BCUT2D eigenvalue weighted by Crippen LogP contribution is -2.10. The Balaban J connectivity index is 2.40. The van der Waals surface area contributed by atoms with Crippen LogP contribution in [-0.4, -0.2) is 22.2 Å². The van der Waals surface area contributed by atoms with Gasteiger partial charge >= 0.3 is 5.97 Å². The third kappa shape index (κ3) is 3.26. The fourth-order valence-corrected chi connectivity index (χ4v) is 2.77. The molecule has 6 heteroatoms. The molecule has 22 heavy (non-hydrogen) atoms. The number of ether oxygens (including phenoxy) is 1.